The van der Waals surface area contributed by atoms with Gasteiger partial charge in [-0.05, 0) is 24.7 Å². The Balaban J connectivity index is 0.00000288. The maximum absolute atomic E-state index is 12.2. The molecule has 0 saturated heterocycles. The van der Waals surface area contributed by atoms with Gasteiger partial charge in [-0.1, -0.05) is 19.9 Å². The van der Waals surface area contributed by atoms with Crippen molar-refractivity contribution < 1.29 is 9.59 Å². The van der Waals surface area contributed by atoms with Crippen LogP contribution in [0.5, 0.6) is 0 Å². The number of rotatable bonds is 6. The van der Waals surface area contributed by atoms with Crippen molar-refractivity contribution >= 4 is 46.9 Å². The molecule has 6 nitrogen and oxygen atoms in total. The third-order valence-electron chi connectivity index (χ3n) is 3.05. The third-order valence-corrected chi connectivity index (χ3v) is 3.96. The summed E-state index contributed by atoms with van der Waals surface area (Å²) in [5.74, 6) is -0.458. The van der Waals surface area contributed by atoms with Crippen LogP contribution in [-0.2, 0) is 11.2 Å². The Morgan fingerprint density at radius 2 is 1.92 bits per heavy atom. The van der Waals surface area contributed by atoms with Crippen LogP contribution in [0.3, 0.4) is 0 Å². The fraction of sp³-hybridized carbons (Fsp3) is 0.312. The average Bonchev–Trinajstić information content (AvgIpc) is 2.96. The summed E-state index contributed by atoms with van der Waals surface area (Å²) < 4.78 is 0. The fourth-order valence-corrected chi connectivity index (χ4v) is 2.60. The Morgan fingerprint density at radius 3 is 2.54 bits per heavy atom. The van der Waals surface area contributed by atoms with Gasteiger partial charge in [-0.15, -0.1) is 23.7 Å². The number of carbonyl (C=O) groups excluding carboxylic acids is 2. The van der Waals surface area contributed by atoms with E-state index in [1.165, 1.54) is 11.3 Å². The number of aromatic nitrogens is 1. The minimum atomic E-state index is -0.281. The van der Waals surface area contributed by atoms with Crippen LogP contribution >= 0.6 is 23.7 Å². The lowest BCUT2D eigenvalue weighted by Gasteiger charge is -2.09. The molecule has 0 aliphatic heterocycles. The SMILES string of the molecule is CC(C)C(=O)Nc1cccc(NC(=O)c2csc(CCN)n2)c1.Cl. The minimum absolute atomic E-state index is 0. The van der Waals surface area contributed by atoms with Crippen molar-refractivity contribution in [2.45, 2.75) is 20.3 Å². The molecule has 4 N–H and O–H groups in total. The standard InChI is InChI=1S/C16H20N4O2S.ClH/c1-10(2)15(21)18-11-4-3-5-12(8-11)19-16(22)13-9-23-14(20-13)6-7-17;/h3-5,8-10H,6-7,17H2,1-2H3,(H,18,21)(H,19,22);1H. The predicted octanol–water partition coefficient (Wildman–Crippen LogP) is 2.91. The van der Waals surface area contributed by atoms with Crippen LogP contribution in [0.4, 0.5) is 11.4 Å². The maximum Gasteiger partial charge on any atom is 0.275 e. The number of carbonyl (C=O) groups is 2. The molecule has 1 heterocycles. The number of hydrogen-bond donors (Lipinski definition) is 3. The first-order chi connectivity index (χ1) is 11.0. The Morgan fingerprint density at radius 1 is 1.25 bits per heavy atom. The van der Waals surface area contributed by atoms with E-state index in [-0.39, 0.29) is 30.1 Å². The van der Waals surface area contributed by atoms with Crippen molar-refractivity contribution in [2.75, 3.05) is 17.2 Å². The lowest BCUT2D eigenvalue weighted by molar-refractivity contribution is -0.118. The number of halogens is 1. The molecular weight excluding hydrogens is 348 g/mol. The molecule has 0 saturated carbocycles. The van der Waals surface area contributed by atoms with E-state index in [2.05, 4.69) is 15.6 Å². The van der Waals surface area contributed by atoms with Crippen LogP contribution in [0.15, 0.2) is 29.6 Å². The number of amides is 2. The number of nitrogens with two attached hydrogens (primary N) is 1. The molecule has 0 radical (unpaired) electrons. The van der Waals surface area contributed by atoms with E-state index >= 15 is 0 Å². The zero-order valence-corrected chi connectivity index (χ0v) is 15.2. The number of benzene rings is 1. The first-order valence-corrected chi connectivity index (χ1v) is 8.24. The normalized spacial score (nSPS) is 10.2. The minimum Gasteiger partial charge on any atom is -0.330 e. The number of anilines is 2. The van der Waals surface area contributed by atoms with Crippen LogP contribution in [0.1, 0.15) is 29.3 Å². The van der Waals surface area contributed by atoms with Crippen LogP contribution in [0, 0.1) is 5.92 Å². The van der Waals surface area contributed by atoms with Crippen LogP contribution in [-0.4, -0.2) is 23.3 Å². The van der Waals surface area contributed by atoms with Gasteiger partial charge in [-0.25, -0.2) is 4.98 Å². The van der Waals surface area contributed by atoms with Crippen molar-refractivity contribution in [3.05, 3.63) is 40.3 Å². The molecule has 2 rings (SSSR count). The van der Waals surface area contributed by atoms with Gasteiger partial charge in [0.2, 0.25) is 5.91 Å². The van der Waals surface area contributed by atoms with Crippen molar-refractivity contribution in [1.29, 1.82) is 0 Å². The molecule has 0 bridgehead atoms. The number of hydrogen-bond acceptors (Lipinski definition) is 5. The largest absolute Gasteiger partial charge is 0.330 e. The number of thiazole rings is 1. The summed E-state index contributed by atoms with van der Waals surface area (Å²) in [7, 11) is 0. The highest BCUT2D eigenvalue weighted by atomic mass is 35.5. The molecule has 0 spiro atoms. The number of nitrogens with zero attached hydrogens (tertiary/aromatic N) is 1. The molecular formula is C16H21ClN4O2S. The third kappa shape index (κ3) is 5.59. The van der Waals surface area contributed by atoms with Crippen molar-refractivity contribution in [1.82, 2.24) is 4.98 Å². The lowest BCUT2D eigenvalue weighted by Crippen LogP contribution is -2.18. The van der Waals surface area contributed by atoms with Crippen LogP contribution in [0.25, 0.3) is 0 Å². The molecule has 24 heavy (non-hydrogen) atoms. The molecule has 0 aliphatic rings. The maximum atomic E-state index is 12.2. The first-order valence-electron chi connectivity index (χ1n) is 7.36. The first kappa shape index (κ1) is 20.1. The molecule has 0 fully saturated rings. The highest BCUT2D eigenvalue weighted by Gasteiger charge is 2.12. The summed E-state index contributed by atoms with van der Waals surface area (Å²) in [6.07, 6.45) is 0.661. The van der Waals surface area contributed by atoms with E-state index < -0.39 is 0 Å². The van der Waals surface area contributed by atoms with Gasteiger partial charge in [0, 0.05) is 29.1 Å². The van der Waals surface area contributed by atoms with Gasteiger partial charge in [-0.2, -0.15) is 0 Å². The van der Waals surface area contributed by atoms with E-state index in [0.717, 1.165) is 5.01 Å². The Hall–Kier alpha value is -1.96. The Kier molecular flexibility index (Phi) is 7.84. The van der Waals surface area contributed by atoms with Gasteiger partial charge in [0.1, 0.15) is 5.69 Å². The van der Waals surface area contributed by atoms with Gasteiger partial charge in [0.15, 0.2) is 0 Å². The predicted molar refractivity (Wildman–Crippen MR) is 100.0 cm³/mol. The second kappa shape index (κ2) is 9.36. The van der Waals surface area contributed by atoms with Gasteiger partial charge in [0.25, 0.3) is 5.91 Å². The molecule has 0 aliphatic carbocycles. The highest BCUT2D eigenvalue weighted by molar-refractivity contribution is 7.09. The molecule has 0 unspecified atom stereocenters. The zero-order valence-electron chi connectivity index (χ0n) is 13.5. The second-order valence-electron chi connectivity index (χ2n) is 5.34. The summed E-state index contributed by atoms with van der Waals surface area (Å²) in [5.41, 5.74) is 7.09. The number of nitrogens with one attached hydrogen (secondary N) is 2. The Bertz CT molecular complexity index is 703. The summed E-state index contributed by atoms with van der Waals surface area (Å²) in [6, 6.07) is 7.02. The van der Waals surface area contributed by atoms with Crippen molar-refractivity contribution in [3.63, 3.8) is 0 Å². The molecule has 130 valence electrons. The van der Waals surface area contributed by atoms with Crippen LogP contribution < -0.4 is 16.4 Å². The van der Waals surface area contributed by atoms with Crippen LogP contribution in [0.2, 0.25) is 0 Å². The van der Waals surface area contributed by atoms with Gasteiger partial charge >= 0.3 is 0 Å². The summed E-state index contributed by atoms with van der Waals surface area (Å²) in [4.78, 5) is 28.1. The zero-order chi connectivity index (χ0) is 16.8. The van der Waals surface area contributed by atoms with Crippen molar-refractivity contribution in [2.24, 2.45) is 11.7 Å². The quantitative estimate of drug-likeness (QED) is 0.730. The average molecular weight is 369 g/mol. The van der Waals surface area contributed by atoms with Gasteiger partial charge in [0.05, 0.1) is 5.01 Å². The lowest BCUT2D eigenvalue weighted by atomic mass is 10.2. The molecule has 8 heteroatoms. The molecule has 2 amide bonds. The molecule has 0 atom stereocenters. The smallest absolute Gasteiger partial charge is 0.275 e. The monoisotopic (exact) mass is 368 g/mol. The van der Waals surface area contributed by atoms with E-state index in [4.69, 9.17) is 5.73 Å². The summed E-state index contributed by atoms with van der Waals surface area (Å²) in [6.45, 7) is 4.15. The Labute approximate surface area is 151 Å². The van der Waals surface area contributed by atoms with E-state index in [9.17, 15) is 9.59 Å². The van der Waals surface area contributed by atoms with Gasteiger partial charge in [-0.3, -0.25) is 9.59 Å². The molecule has 1 aromatic heterocycles. The molecule has 1 aromatic carbocycles. The fourth-order valence-electron chi connectivity index (χ4n) is 1.81. The summed E-state index contributed by atoms with van der Waals surface area (Å²) >= 11 is 1.42. The second-order valence-corrected chi connectivity index (χ2v) is 6.29. The summed E-state index contributed by atoms with van der Waals surface area (Å²) in [5, 5.41) is 8.13. The topological polar surface area (TPSA) is 97.1 Å². The van der Waals surface area contributed by atoms with E-state index in [0.29, 0.717) is 30.0 Å². The van der Waals surface area contributed by atoms with Gasteiger partial charge < -0.3 is 16.4 Å². The molecule has 2 aromatic rings. The highest BCUT2D eigenvalue weighted by Crippen LogP contribution is 2.18. The van der Waals surface area contributed by atoms with E-state index in [1.54, 1.807) is 29.6 Å². The van der Waals surface area contributed by atoms with Crippen molar-refractivity contribution in [3.8, 4) is 0 Å². The van der Waals surface area contributed by atoms with E-state index in [1.807, 2.05) is 13.8 Å².